The molecule has 0 heterocycles. The van der Waals surface area contributed by atoms with Gasteiger partial charge in [-0.15, -0.1) is 0 Å². The van der Waals surface area contributed by atoms with E-state index in [-0.39, 0.29) is 0 Å². The van der Waals surface area contributed by atoms with Crippen LogP contribution in [0.4, 0.5) is 0 Å². The number of carbonyl (C=O) groups is 1. The lowest BCUT2D eigenvalue weighted by Crippen LogP contribution is -2.30. The Balaban J connectivity index is 4.50. The molecule has 101 valence electrons. The molecule has 2 heteroatoms. The summed E-state index contributed by atoms with van der Waals surface area (Å²) in [4.78, 5) is 11.5. The molecule has 0 saturated carbocycles. The van der Waals surface area contributed by atoms with Crippen LogP contribution in [0.3, 0.4) is 0 Å². The quantitative estimate of drug-likeness (QED) is 0.474. The number of hydrogen-bond acceptors (Lipinski definition) is 1. The molecule has 0 spiro atoms. The first-order valence-electron chi connectivity index (χ1n) is 7.34. The predicted molar refractivity (Wildman–Crippen MR) is 71.3 cm³/mol. The Bertz CT molecular complexity index is 191. The van der Waals surface area contributed by atoms with Crippen LogP contribution in [0.1, 0.15) is 85.0 Å². The van der Waals surface area contributed by atoms with Crippen molar-refractivity contribution in [2.45, 2.75) is 85.0 Å². The van der Waals surface area contributed by atoms with Crippen LogP contribution in [0.15, 0.2) is 0 Å². The zero-order chi connectivity index (χ0) is 13.1. The van der Waals surface area contributed by atoms with Gasteiger partial charge in [-0.25, -0.2) is 9.90 Å². The lowest BCUT2D eigenvalue weighted by molar-refractivity contribution is -0.157. The smallest absolute Gasteiger partial charge is 0.247 e. The summed E-state index contributed by atoms with van der Waals surface area (Å²) in [6, 6.07) is 0. The topological polar surface area (TPSA) is 37.0 Å². The normalized spacial score (nSPS) is 11.7. The summed E-state index contributed by atoms with van der Waals surface area (Å²) in [6.07, 6.45) is 9.85. The predicted octanol–water partition coefficient (Wildman–Crippen LogP) is 4.89. The molecule has 0 unspecified atom stereocenters. The van der Waals surface area contributed by atoms with E-state index in [0.29, 0.717) is 0 Å². The van der Waals surface area contributed by atoms with Crippen LogP contribution in [-0.2, 0) is 9.90 Å². The molecule has 0 aromatic carbocycles. The monoisotopic (exact) mass is 241 g/mol. The average molecular weight is 241 g/mol. The minimum atomic E-state index is -0.810. The zero-order valence-electron chi connectivity index (χ0n) is 11.9. The van der Waals surface area contributed by atoms with E-state index < -0.39 is 11.4 Å². The van der Waals surface area contributed by atoms with Crippen molar-refractivity contribution in [2.75, 3.05) is 0 Å². The molecule has 0 fully saturated rings. The van der Waals surface area contributed by atoms with Crippen LogP contribution in [0, 0.1) is 5.41 Å². The molecular formula is C15H29O2. The molecule has 0 aliphatic carbocycles. The van der Waals surface area contributed by atoms with Gasteiger partial charge >= 0.3 is 5.97 Å². The molecule has 1 radical (unpaired) electrons. The van der Waals surface area contributed by atoms with Gasteiger partial charge in [0.15, 0.2) is 0 Å². The second-order valence-corrected chi connectivity index (χ2v) is 5.23. The van der Waals surface area contributed by atoms with Crippen LogP contribution in [0.25, 0.3) is 0 Å². The van der Waals surface area contributed by atoms with Gasteiger partial charge in [-0.05, 0) is 19.3 Å². The fraction of sp³-hybridized carbons (Fsp3) is 0.933. The number of carbonyl (C=O) groups excluding carboxylic acids is 1. The van der Waals surface area contributed by atoms with Gasteiger partial charge in [-0.1, -0.05) is 65.7 Å². The van der Waals surface area contributed by atoms with Crippen molar-refractivity contribution in [1.82, 2.24) is 0 Å². The maximum Gasteiger partial charge on any atom is 0.361 e. The fourth-order valence-electron chi connectivity index (χ4n) is 2.42. The summed E-state index contributed by atoms with van der Waals surface area (Å²) in [7, 11) is 0. The highest BCUT2D eigenvalue weighted by Gasteiger charge is 2.37. The molecule has 0 N–H and O–H groups in total. The lowest BCUT2D eigenvalue weighted by Gasteiger charge is -2.28. The van der Waals surface area contributed by atoms with E-state index in [4.69, 9.17) is 0 Å². The molecule has 0 saturated heterocycles. The Hall–Kier alpha value is -0.530. The highest BCUT2D eigenvalue weighted by Crippen LogP contribution is 2.37. The fourth-order valence-corrected chi connectivity index (χ4v) is 2.42. The first-order valence-corrected chi connectivity index (χ1v) is 7.34. The van der Waals surface area contributed by atoms with Gasteiger partial charge in [0.05, 0.1) is 5.41 Å². The second kappa shape index (κ2) is 9.49. The minimum Gasteiger partial charge on any atom is -0.247 e. The van der Waals surface area contributed by atoms with E-state index in [2.05, 4.69) is 20.8 Å². The van der Waals surface area contributed by atoms with Crippen LogP contribution >= 0.6 is 0 Å². The minimum absolute atomic E-state index is 0.540. The zero-order valence-corrected chi connectivity index (χ0v) is 11.9. The summed E-state index contributed by atoms with van der Waals surface area (Å²) in [5.41, 5.74) is -0.540. The van der Waals surface area contributed by atoms with Crippen LogP contribution in [0.5, 0.6) is 0 Å². The van der Waals surface area contributed by atoms with Crippen molar-refractivity contribution in [3.05, 3.63) is 0 Å². The SMILES string of the molecule is CCCCCC(CCCC)(CCCC)C([O])=O. The largest absolute Gasteiger partial charge is 0.361 e. The van der Waals surface area contributed by atoms with Gasteiger partial charge in [-0.2, -0.15) is 0 Å². The molecule has 0 amide bonds. The van der Waals surface area contributed by atoms with E-state index in [1.54, 1.807) is 0 Å². The van der Waals surface area contributed by atoms with Gasteiger partial charge in [-0.3, -0.25) is 0 Å². The molecule has 0 aromatic rings. The summed E-state index contributed by atoms with van der Waals surface area (Å²) in [6.45, 7) is 6.39. The summed E-state index contributed by atoms with van der Waals surface area (Å²) in [5, 5.41) is 11.5. The maximum atomic E-state index is 11.5. The van der Waals surface area contributed by atoms with E-state index in [1.165, 1.54) is 0 Å². The Labute approximate surface area is 107 Å². The molecule has 0 bridgehead atoms. The molecule has 0 aromatic heterocycles. The average Bonchev–Trinajstić information content (AvgIpc) is 2.32. The van der Waals surface area contributed by atoms with Crippen LogP contribution < -0.4 is 0 Å². The standard InChI is InChI=1S/C15H29O2/c1-4-7-10-13-15(14(16)17,11-8-5-2)12-9-6-3/h4-13H2,1-3H3. The second-order valence-electron chi connectivity index (χ2n) is 5.23. The molecule has 0 rings (SSSR count). The van der Waals surface area contributed by atoms with E-state index in [1.807, 2.05) is 0 Å². The van der Waals surface area contributed by atoms with Crippen molar-refractivity contribution in [1.29, 1.82) is 0 Å². The molecule has 0 aliphatic rings. The highest BCUT2D eigenvalue weighted by molar-refractivity contribution is 5.74. The van der Waals surface area contributed by atoms with Crippen molar-refractivity contribution in [3.63, 3.8) is 0 Å². The van der Waals surface area contributed by atoms with E-state index in [0.717, 1.165) is 64.2 Å². The number of unbranched alkanes of at least 4 members (excludes halogenated alkanes) is 4. The van der Waals surface area contributed by atoms with Crippen LogP contribution in [0.2, 0.25) is 0 Å². The molecule has 0 atom stereocenters. The van der Waals surface area contributed by atoms with Gasteiger partial charge in [0, 0.05) is 0 Å². The third kappa shape index (κ3) is 6.09. The maximum absolute atomic E-state index is 11.5. The molecular weight excluding hydrogens is 212 g/mol. The van der Waals surface area contributed by atoms with Crippen molar-refractivity contribution in [2.24, 2.45) is 5.41 Å². The summed E-state index contributed by atoms with van der Waals surface area (Å²) < 4.78 is 0. The summed E-state index contributed by atoms with van der Waals surface area (Å²) in [5.74, 6) is -0.810. The van der Waals surface area contributed by atoms with E-state index in [9.17, 15) is 9.90 Å². The van der Waals surface area contributed by atoms with Crippen molar-refractivity contribution >= 4 is 5.97 Å². The van der Waals surface area contributed by atoms with Gasteiger partial charge in [0.2, 0.25) is 0 Å². The van der Waals surface area contributed by atoms with Crippen LogP contribution in [-0.4, -0.2) is 5.97 Å². The molecule has 2 nitrogen and oxygen atoms in total. The third-order valence-electron chi connectivity index (χ3n) is 3.71. The van der Waals surface area contributed by atoms with Crippen molar-refractivity contribution < 1.29 is 9.90 Å². The Morgan fingerprint density at radius 3 is 1.53 bits per heavy atom. The Kier molecular flexibility index (Phi) is 9.20. The third-order valence-corrected chi connectivity index (χ3v) is 3.71. The van der Waals surface area contributed by atoms with E-state index >= 15 is 0 Å². The Morgan fingerprint density at radius 1 is 0.765 bits per heavy atom. The highest BCUT2D eigenvalue weighted by atomic mass is 16.4. The number of rotatable bonds is 11. The lowest BCUT2D eigenvalue weighted by atomic mass is 9.74. The van der Waals surface area contributed by atoms with Crippen molar-refractivity contribution in [3.8, 4) is 0 Å². The van der Waals surface area contributed by atoms with Gasteiger partial charge < -0.3 is 0 Å². The van der Waals surface area contributed by atoms with Gasteiger partial charge in [0.25, 0.3) is 0 Å². The molecule has 17 heavy (non-hydrogen) atoms. The summed E-state index contributed by atoms with van der Waals surface area (Å²) >= 11 is 0. The van der Waals surface area contributed by atoms with Gasteiger partial charge in [0.1, 0.15) is 0 Å². The Morgan fingerprint density at radius 2 is 1.18 bits per heavy atom. The first-order chi connectivity index (χ1) is 8.13. The number of hydrogen-bond donors (Lipinski definition) is 0. The first kappa shape index (κ1) is 16.5. The molecule has 0 aliphatic heterocycles.